The van der Waals surface area contributed by atoms with Crippen LogP contribution in [0, 0.1) is 6.92 Å². The number of nitrogens with zero attached hydrogens (tertiary/aromatic N) is 4. The van der Waals surface area contributed by atoms with Gasteiger partial charge in [-0.2, -0.15) is 0 Å². The molecule has 0 atom stereocenters. The van der Waals surface area contributed by atoms with Gasteiger partial charge in [0.2, 0.25) is 0 Å². The number of aromatic nitrogens is 4. The topological polar surface area (TPSA) is 43.1 Å². The summed E-state index contributed by atoms with van der Waals surface area (Å²) in [5.74, 6) is 0. The predicted octanol–water partition coefficient (Wildman–Crippen LogP) is 2.16. The van der Waals surface area contributed by atoms with Gasteiger partial charge in [-0.3, -0.25) is 14.4 Å². The molecule has 0 aliphatic rings. The third-order valence-corrected chi connectivity index (χ3v) is 3.17. The van der Waals surface area contributed by atoms with Crippen LogP contribution in [0.1, 0.15) is 5.69 Å². The molecule has 0 aliphatic carbocycles. The lowest BCUT2D eigenvalue weighted by Crippen LogP contribution is -1.83. The molecule has 3 rings (SSSR count). The van der Waals surface area contributed by atoms with E-state index in [0.29, 0.717) is 0 Å². The Labute approximate surface area is 90.3 Å². The summed E-state index contributed by atoms with van der Waals surface area (Å²) in [5, 5.41) is 2.09. The van der Waals surface area contributed by atoms with Crippen LogP contribution in [0.5, 0.6) is 0 Å². The maximum atomic E-state index is 4.48. The lowest BCUT2D eigenvalue weighted by atomic mass is 10.3. The highest BCUT2D eigenvalue weighted by molar-refractivity contribution is 7.15. The molecule has 0 radical (unpaired) electrons. The van der Waals surface area contributed by atoms with Crippen LogP contribution in [0.4, 0.5) is 0 Å². The van der Waals surface area contributed by atoms with Gasteiger partial charge in [-0.25, -0.2) is 4.98 Å². The zero-order valence-electron chi connectivity index (χ0n) is 8.08. The Bertz CT molecular complexity index is 596. The second kappa shape index (κ2) is 3.13. The van der Waals surface area contributed by atoms with Gasteiger partial charge >= 0.3 is 0 Å². The van der Waals surface area contributed by atoms with Crippen LogP contribution in [0.15, 0.2) is 30.2 Å². The molecule has 3 heterocycles. The molecule has 0 saturated heterocycles. The minimum absolute atomic E-state index is 0.813. The van der Waals surface area contributed by atoms with Crippen molar-refractivity contribution in [3.05, 3.63) is 35.9 Å². The van der Waals surface area contributed by atoms with Crippen molar-refractivity contribution in [3.8, 4) is 11.4 Å². The van der Waals surface area contributed by atoms with Crippen LogP contribution < -0.4 is 0 Å². The first kappa shape index (κ1) is 8.55. The average Bonchev–Trinajstić information content (AvgIpc) is 2.83. The van der Waals surface area contributed by atoms with E-state index in [1.54, 1.807) is 29.9 Å². The molecule has 4 nitrogen and oxygen atoms in total. The fourth-order valence-electron chi connectivity index (χ4n) is 1.45. The first-order chi connectivity index (χ1) is 7.34. The van der Waals surface area contributed by atoms with Gasteiger partial charge in [-0.15, -0.1) is 11.3 Å². The monoisotopic (exact) mass is 216 g/mol. The summed E-state index contributed by atoms with van der Waals surface area (Å²) < 4.78 is 2.06. The normalized spacial score (nSPS) is 11.0. The van der Waals surface area contributed by atoms with Gasteiger partial charge in [-0.05, 0) is 6.92 Å². The molecule has 15 heavy (non-hydrogen) atoms. The van der Waals surface area contributed by atoms with Crippen LogP contribution in [0.25, 0.3) is 16.3 Å². The number of imidazole rings is 1. The molecular weight excluding hydrogens is 208 g/mol. The Kier molecular flexibility index (Phi) is 1.78. The second-order valence-electron chi connectivity index (χ2n) is 3.25. The number of rotatable bonds is 1. The smallest absolute Gasteiger partial charge is 0.194 e. The summed E-state index contributed by atoms with van der Waals surface area (Å²) in [4.78, 5) is 13.7. The van der Waals surface area contributed by atoms with Gasteiger partial charge in [0.05, 0.1) is 6.20 Å². The van der Waals surface area contributed by atoms with Gasteiger partial charge in [-0.1, -0.05) is 0 Å². The molecule has 0 aliphatic heterocycles. The predicted molar refractivity (Wildman–Crippen MR) is 58.8 cm³/mol. The van der Waals surface area contributed by atoms with E-state index in [4.69, 9.17) is 0 Å². The zero-order valence-corrected chi connectivity index (χ0v) is 8.90. The molecule has 0 spiro atoms. The van der Waals surface area contributed by atoms with Gasteiger partial charge in [0, 0.05) is 29.7 Å². The third-order valence-electron chi connectivity index (χ3n) is 2.21. The van der Waals surface area contributed by atoms with E-state index in [9.17, 15) is 0 Å². The van der Waals surface area contributed by atoms with E-state index in [0.717, 1.165) is 16.3 Å². The Morgan fingerprint density at radius 1 is 1.27 bits per heavy atom. The third kappa shape index (κ3) is 1.32. The first-order valence-electron chi connectivity index (χ1n) is 4.54. The van der Waals surface area contributed by atoms with Crippen LogP contribution >= 0.6 is 11.3 Å². The van der Waals surface area contributed by atoms with Crippen molar-refractivity contribution < 1.29 is 0 Å². The Hall–Kier alpha value is -1.75. The highest BCUT2D eigenvalue weighted by atomic mass is 32.1. The van der Waals surface area contributed by atoms with Gasteiger partial charge in [0.25, 0.3) is 0 Å². The zero-order chi connectivity index (χ0) is 10.3. The molecule has 0 unspecified atom stereocenters. The summed E-state index contributed by atoms with van der Waals surface area (Å²) in [6.07, 6.45) is 7.05. The Balaban J connectivity index is 2.20. The van der Waals surface area contributed by atoms with Gasteiger partial charge in [0.15, 0.2) is 4.96 Å². The van der Waals surface area contributed by atoms with E-state index >= 15 is 0 Å². The van der Waals surface area contributed by atoms with E-state index in [-0.39, 0.29) is 0 Å². The van der Waals surface area contributed by atoms with Crippen molar-refractivity contribution in [2.75, 3.05) is 0 Å². The fraction of sp³-hybridized carbons (Fsp3) is 0.100. The fourth-order valence-corrected chi connectivity index (χ4v) is 2.30. The highest BCUT2D eigenvalue weighted by Crippen LogP contribution is 2.20. The number of fused-ring (bicyclic) bond motifs is 1. The van der Waals surface area contributed by atoms with Crippen molar-refractivity contribution in [2.45, 2.75) is 6.92 Å². The number of aryl methyl sites for hydroxylation is 1. The molecule has 74 valence electrons. The Morgan fingerprint density at radius 2 is 2.20 bits per heavy atom. The van der Waals surface area contributed by atoms with Crippen LogP contribution in [-0.2, 0) is 0 Å². The summed E-state index contributed by atoms with van der Waals surface area (Å²) in [6.45, 7) is 2.06. The van der Waals surface area contributed by atoms with Crippen molar-refractivity contribution in [2.24, 2.45) is 0 Å². The molecule has 3 aromatic heterocycles. The van der Waals surface area contributed by atoms with Gasteiger partial charge in [0.1, 0.15) is 11.4 Å². The molecular formula is C10H8N4S. The second-order valence-corrected chi connectivity index (χ2v) is 4.08. The molecule has 0 N–H and O–H groups in total. The Morgan fingerprint density at radius 3 is 2.93 bits per heavy atom. The van der Waals surface area contributed by atoms with E-state index in [1.807, 2.05) is 6.20 Å². The van der Waals surface area contributed by atoms with E-state index in [2.05, 4.69) is 31.7 Å². The molecule has 0 bridgehead atoms. The maximum Gasteiger partial charge on any atom is 0.194 e. The van der Waals surface area contributed by atoms with Gasteiger partial charge < -0.3 is 0 Å². The minimum atomic E-state index is 0.813. The molecule has 0 aromatic carbocycles. The molecule has 0 saturated carbocycles. The first-order valence-corrected chi connectivity index (χ1v) is 5.42. The largest absolute Gasteiger partial charge is 0.294 e. The van der Waals surface area contributed by atoms with Crippen LogP contribution in [-0.4, -0.2) is 19.4 Å². The van der Waals surface area contributed by atoms with Crippen molar-refractivity contribution in [3.63, 3.8) is 0 Å². The van der Waals surface area contributed by atoms with Crippen LogP contribution in [0.3, 0.4) is 0 Å². The van der Waals surface area contributed by atoms with Crippen LogP contribution in [0.2, 0.25) is 0 Å². The van der Waals surface area contributed by atoms with E-state index in [1.165, 1.54) is 5.69 Å². The number of thiazole rings is 1. The number of hydrogen-bond acceptors (Lipinski definition) is 4. The summed E-state index contributed by atoms with van der Waals surface area (Å²) in [6, 6.07) is 0. The lowest BCUT2D eigenvalue weighted by Gasteiger charge is -1.91. The highest BCUT2D eigenvalue weighted by Gasteiger charge is 2.07. The SMILES string of the molecule is Cc1csc2nc(-c3cnccn3)cn12. The molecule has 0 amide bonds. The quantitative estimate of drug-likeness (QED) is 0.626. The summed E-state index contributed by atoms with van der Waals surface area (Å²) in [7, 11) is 0. The summed E-state index contributed by atoms with van der Waals surface area (Å²) >= 11 is 1.63. The molecule has 0 fully saturated rings. The van der Waals surface area contributed by atoms with Crippen molar-refractivity contribution in [1.82, 2.24) is 19.4 Å². The van der Waals surface area contributed by atoms with Crippen molar-refractivity contribution in [1.29, 1.82) is 0 Å². The lowest BCUT2D eigenvalue weighted by molar-refractivity contribution is 1.13. The number of hydrogen-bond donors (Lipinski definition) is 0. The molecule has 5 heteroatoms. The average molecular weight is 216 g/mol. The summed E-state index contributed by atoms with van der Waals surface area (Å²) in [5.41, 5.74) is 2.88. The minimum Gasteiger partial charge on any atom is -0.294 e. The maximum absolute atomic E-state index is 4.48. The molecule has 3 aromatic rings. The van der Waals surface area contributed by atoms with Crippen molar-refractivity contribution >= 4 is 16.3 Å². The van der Waals surface area contributed by atoms with E-state index < -0.39 is 0 Å². The standard InChI is InChI=1S/C10H8N4S/c1-7-6-15-10-13-9(5-14(7)10)8-4-11-2-3-12-8/h2-6H,1H3.